The number of hydrogen-bond donors (Lipinski definition) is 0. The van der Waals surface area contributed by atoms with Crippen molar-refractivity contribution in [1.29, 1.82) is 0 Å². The van der Waals surface area contributed by atoms with Crippen LogP contribution in [0.3, 0.4) is 0 Å². The first-order chi connectivity index (χ1) is 13.3. The number of rotatable bonds is 4. The van der Waals surface area contributed by atoms with Gasteiger partial charge in [-0.1, -0.05) is 30.3 Å². The molecule has 1 fully saturated rings. The maximum Gasteiger partial charge on any atom is 0.263 e. The van der Waals surface area contributed by atoms with Crippen molar-refractivity contribution in [2.45, 2.75) is 26.0 Å². The lowest BCUT2D eigenvalue weighted by molar-refractivity contribution is -0.0685. The molecule has 1 aliphatic heterocycles. The zero-order valence-corrected chi connectivity index (χ0v) is 17.3. The number of aryl methyl sites for hydroxylation is 2. The minimum absolute atomic E-state index is 0.162. The number of carbonyl (C=O) groups excluding carboxylic acids is 1. The Bertz CT molecular complexity index is 905. The summed E-state index contributed by atoms with van der Waals surface area (Å²) in [6, 6.07) is 11.6. The lowest BCUT2D eigenvalue weighted by atomic mass is 9.96. The van der Waals surface area contributed by atoms with E-state index in [1.54, 1.807) is 7.05 Å². The maximum absolute atomic E-state index is 13.6. The average molecular weight is 383 g/mol. The normalized spacial score (nSPS) is 19.9. The van der Waals surface area contributed by atoms with Crippen LogP contribution in [0, 0.1) is 13.8 Å². The van der Waals surface area contributed by atoms with E-state index in [9.17, 15) is 9.59 Å². The number of pyridine rings is 1. The van der Waals surface area contributed by atoms with Gasteiger partial charge in [0.15, 0.2) is 0 Å². The molecule has 1 saturated heterocycles. The number of carbonyl (C=O) groups is 1. The van der Waals surface area contributed by atoms with Crippen molar-refractivity contribution in [3.63, 3.8) is 0 Å². The van der Waals surface area contributed by atoms with Crippen molar-refractivity contribution in [3.8, 4) is 0 Å². The number of ether oxygens (including phenoxy) is 1. The van der Waals surface area contributed by atoms with Crippen molar-refractivity contribution in [2.24, 2.45) is 7.05 Å². The van der Waals surface area contributed by atoms with E-state index in [4.69, 9.17) is 4.74 Å². The molecule has 2 aromatic rings. The standard InChI is InChI=1S/C22H29N3O3/c1-15-13-16(2)24(5)21(26)19(15)22(27)25-11-12-28-18(14-23(3)4)20(25)17-9-7-6-8-10-17/h6-10,13,18,20H,11-12,14H2,1-5H3/t18-,20-/m0/s1. The highest BCUT2D eigenvalue weighted by Crippen LogP contribution is 2.31. The Balaban J connectivity index is 2.07. The minimum Gasteiger partial charge on any atom is -0.373 e. The van der Waals surface area contributed by atoms with E-state index in [1.165, 1.54) is 4.57 Å². The maximum atomic E-state index is 13.6. The number of aromatic nitrogens is 1. The summed E-state index contributed by atoms with van der Waals surface area (Å²) in [6.45, 7) is 5.31. The Morgan fingerprint density at radius 3 is 2.54 bits per heavy atom. The Morgan fingerprint density at radius 2 is 1.89 bits per heavy atom. The Morgan fingerprint density at radius 1 is 1.21 bits per heavy atom. The van der Waals surface area contributed by atoms with Gasteiger partial charge in [-0.2, -0.15) is 0 Å². The molecule has 0 saturated carbocycles. The van der Waals surface area contributed by atoms with Gasteiger partial charge in [0.25, 0.3) is 11.5 Å². The molecule has 150 valence electrons. The molecule has 0 radical (unpaired) electrons. The van der Waals surface area contributed by atoms with Gasteiger partial charge in [-0.05, 0) is 45.1 Å². The third kappa shape index (κ3) is 3.88. The molecular weight excluding hydrogens is 354 g/mol. The Hall–Kier alpha value is -2.44. The van der Waals surface area contributed by atoms with Crippen LogP contribution in [-0.2, 0) is 11.8 Å². The second-order valence-electron chi connectivity index (χ2n) is 7.73. The summed E-state index contributed by atoms with van der Waals surface area (Å²) in [5.74, 6) is -0.223. The molecule has 2 heterocycles. The molecule has 1 amide bonds. The summed E-state index contributed by atoms with van der Waals surface area (Å²) in [5.41, 5.74) is 2.58. The van der Waals surface area contributed by atoms with Crippen LogP contribution < -0.4 is 5.56 Å². The van der Waals surface area contributed by atoms with E-state index in [0.717, 1.165) is 11.3 Å². The first kappa shape index (κ1) is 20.3. The van der Waals surface area contributed by atoms with Crippen molar-refractivity contribution >= 4 is 5.91 Å². The molecular formula is C22H29N3O3. The summed E-state index contributed by atoms with van der Waals surface area (Å²) in [6.07, 6.45) is -0.162. The van der Waals surface area contributed by atoms with Gasteiger partial charge in [-0.15, -0.1) is 0 Å². The van der Waals surface area contributed by atoms with Gasteiger partial charge in [0.2, 0.25) is 0 Å². The number of amides is 1. The highest BCUT2D eigenvalue weighted by Gasteiger charge is 2.38. The molecule has 6 nitrogen and oxygen atoms in total. The average Bonchev–Trinajstić information content (AvgIpc) is 2.66. The van der Waals surface area contributed by atoms with Crippen molar-refractivity contribution in [1.82, 2.24) is 14.4 Å². The van der Waals surface area contributed by atoms with Crippen LogP contribution >= 0.6 is 0 Å². The topological polar surface area (TPSA) is 54.8 Å². The predicted octanol–water partition coefficient (Wildman–Crippen LogP) is 2.15. The first-order valence-corrected chi connectivity index (χ1v) is 9.60. The second kappa shape index (κ2) is 8.29. The number of nitrogens with zero attached hydrogens (tertiary/aromatic N) is 3. The summed E-state index contributed by atoms with van der Waals surface area (Å²) in [7, 11) is 5.69. The lowest BCUT2D eigenvalue weighted by Gasteiger charge is -2.42. The molecule has 0 unspecified atom stereocenters. The molecule has 3 rings (SSSR count). The third-order valence-corrected chi connectivity index (χ3v) is 5.38. The molecule has 1 aliphatic rings. The molecule has 0 aliphatic carbocycles. The molecule has 0 bridgehead atoms. The van der Waals surface area contributed by atoms with Crippen LogP contribution in [-0.4, -0.2) is 60.2 Å². The summed E-state index contributed by atoms with van der Waals surface area (Å²) in [5, 5.41) is 0. The van der Waals surface area contributed by atoms with Crippen LogP contribution in [0.15, 0.2) is 41.2 Å². The highest BCUT2D eigenvalue weighted by molar-refractivity contribution is 5.95. The molecule has 1 aromatic heterocycles. The van der Waals surface area contributed by atoms with Gasteiger partial charge < -0.3 is 19.1 Å². The number of hydrogen-bond acceptors (Lipinski definition) is 4. The van der Waals surface area contributed by atoms with Crippen LogP contribution in [0.1, 0.15) is 33.2 Å². The third-order valence-electron chi connectivity index (χ3n) is 5.38. The molecule has 6 heteroatoms. The van der Waals surface area contributed by atoms with E-state index >= 15 is 0 Å². The van der Waals surface area contributed by atoms with E-state index in [1.807, 2.05) is 69.2 Å². The van der Waals surface area contributed by atoms with Crippen LogP contribution in [0.5, 0.6) is 0 Å². The number of benzene rings is 1. The van der Waals surface area contributed by atoms with Crippen LogP contribution in [0.2, 0.25) is 0 Å². The van der Waals surface area contributed by atoms with Gasteiger partial charge in [-0.25, -0.2) is 0 Å². The Labute approximate surface area is 166 Å². The van der Waals surface area contributed by atoms with Crippen molar-refractivity contribution < 1.29 is 9.53 Å². The van der Waals surface area contributed by atoms with Gasteiger partial charge in [-0.3, -0.25) is 9.59 Å². The van der Waals surface area contributed by atoms with Crippen LogP contribution in [0.4, 0.5) is 0 Å². The number of likely N-dealkylation sites (N-methyl/N-ethyl adjacent to an activating group) is 1. The smallest absolute Gasteiger partial charge is 0.263 e. The largest absolute Gasteiger partial charge is 0.373 e. The fourth-order valence-electron chi connectivity index (χ4n) is 3.90. The van der Waals surface area contributed by atoms with E-state index in [-0.39, 0.29) is 29.2 Å². The van der Waals surface area contributed by atoms with Gasteiger partial charge >= 0.3 is 0 Å². The van der Waals surface area contributed by atoms with Crippen LogP contribution in [0.25, 0.3) is 0 Å². The molecule has 28 heavy (non-hydrogen) atoms. The zero-order chi connectivity index (χ0) is 20.4. The summed E-state index contributed by atoms with van der Waals surface area (Å²) < 4.78 is 7.59. The highest BCUT2D eigenvalue weighted by atomic mass is 16.5. The first-order valence-electron chi connectivity index (χ1n) is 9.60. The lowest BCUT2D eigenvalue weighted by Crippen LogP contribution is -2.52. The fourth-order valence-corrected chi connectivity index (χ4v) is 3.90. The quantitative estimate of drug-likeness (QED) is 0.812. The molecule has 0 spiro atoms. The monoisotopic (exact) mass is 383 g/mol. The molecule has 0 N–H and O–H groups in total. The second-order valence-corrected chi connectivity index (χ2v) is 7.73. The van der Waals surface area contributed by atoms with Crippen molar-refractivity contribution in [3.05, 3.63) is 69.1 Å². The SMILES string of the molecule is Cc1cc(C)n(C)c(=O)c1C(=O)N1CCO[C@@H](CN(C)C)[C@@H]1c1ccccc1. The van der Waals surface area contributed by atoms with Gasteiger partial charge in [0.1, 0.15) is 5.56 Å². The minimum atomic E-state index is -0.245. The van der Waals surface area contributed by atoms with E-state index in [0.29, 0.717) is 25.3 Å². The Kier molecular flexibility index (Phi) is 6.01. The number of morpholine rings is 1. The summed E-state index contributed by atoms with van der Waals surface area (Å²) in [4.78, 5) is 30.3. The molecule has 1 aromatic carbocycles. The fraction of sp³-hybridized carbons (Fsp3) is 0.455. The predicted molar refractivity (Wildman–Crippen MR) is 110 cm³/mol. The van der Waals surface area contributed by atoms with Gasteiger partial charge in [0.05, 0.1) is 18.8 Å². The van der Waals surface area contributed by atoms with E-state index < -0.39 is 0 Å². The van der Waals surface area contributed by atoms with Crippen molar-refractivity contribution in [2.75, 3.05) is 33.8 Å². The molecule has 2 atom stereocenters. The van der Waals surface area contributed by atoms with Gasteiger partial charge in [0, 0.05) is 25.8 Å². The zero-order valence-electron chi connectivity index (χ0n) is 17.3. The van der Waals surface area contributed by atoms with E-state index in [2.05, 4.69) is 4.90 Å². The summed E-state index contributed by atoms with van der Waals surface area (Å²) >= 11 is 0.